The zero-order valence-electron chi connectivity index (χ0n) is 9.86. The van der Waals surface area contributed by atoms with Crippen molar-refractivity contribution in [2.75, 3.05) is 7.11 Å². The second-order valence-electron chi connectivity index (χ2n) is 3.38. The highest BCUT2D eigenvalue weighted by molar-refractivity contribution is 5.84. The molecule has 98 valence electrons. The molecule has 1 rings (SSSR count). The number of nitro benzene ring substituents is 1. The monoisotopic (exact) mass is 255 g/mol. The number of ether oxygens (including phenoxy) is 2. The number of nitrogens with zero attached hydrogens (tertiary/aromatic N) is 2. The Kier molecular flexibility index (Phi) is 4.30. The van der Waals surface area contributed by atoms with Gasteiger partial charge in [-0.2, -0.15) is 0 Å². The lowest BCUT2D eigenvalue weighted by atomic mass is 10.2. The Balaban J connectivity index is 3.08. The number of hydrogen-bond donors (Lipinski definition) is 2. The van der Waals surface area contributed by atoms with Gasteiger partial charge in [0.1, 0.15) is 5.75 Å². The summed E-state index contributed by atoms with van der Waals surface area (Å²) in [6.07, 6.45) is -0.805. The van der Waals surface area contributed by atoms with Crippen LogP contribution in [-0.2, 0) is 0 Å². The number of nitro groups is 1. The van der Waals surface area contributed by atoms with Crippen LogP contribution in [0.1, 0.15) is 6.92 Å². The van der Waals surface area contributed by atoms with Crippen molar-refractivity contribution in [3.8, 4) is 11.5 Å². The molecule has 0 aliphatic carbocycles. The van der Waals surface area contributed by atoms with Gasteiger partial charge >= 0.3 is 5.69 Å². The van der Waals surface area contributed by atoms with Gasteiger partial charge in [0.05, 0.1) is 12.0 Å². The maximum Gasteiger partial charge on any atom is 0.311 e. The second kappa shape index (κ2) is 5.71. The highest BCUT2D eigenvalue weighted by Crippen LogP contribution is 2.31. The van der Waals surface area contributed by atoms with Gasteiger partial charge in [0.15, 0.2) is 11.9 Å². The predicted molar refractivity (Wildman–Crippen MR) is 63.1 cm³/mol. The van der Waals surface area contributed by atoms with E-state index in [1.54, 1.807) is 0 Å². The van der Waals surface area contributed by atoms with E-state index in [9.17, 15) is 10.1 Å². The number of benzene rings is 1. The van der Waals surface area contributed by atoms with Crippen molar-refractivity contribution in [2.45, 2.75) is 13.0 Å². The van der Waals surface area contributed by atoms with Crippen LogP contribution in [0, 0.1) is 10.1 Å². The van der Waals surface area contributed by atoms with E-state index in [1.807, 2.05) is 0 Å². The molecule has 0 fully saturated rings. The van der Waals surface area contributed by atoms with Crippen molar-refractivity contribution in [3.05, 3.63) is 28.3 Å². The average molecular weight is 255 g/mol. The Morgan fingerprint density at radius 3 is 2.78 bits per heavy atom. The van der Waals surface area contributed by atoms with E-state index in [-0.39, 0.29) is 17.3 Å². The molecule has 0 amide bonds. The smallest absolute Gasteiger partial charge is 0.311 e. The number of nitrogens with two attached hydrogens (primary N) is 1. The third-order valence-electron chi connectivity index (χ3n) is 2.20. The molecule has 0 aromatic heterocycles. The first kappa shape index (κ1) is 13.6. The molecule has 0 spiro atoms. The molecule has 8 heteroatoms. The summed E-state index contributed by atoms with van der Waals surface area (Å²) in [6, 6.07) is 4.06. The summed E-state index contributed by atoms with van der Waals surface area (Å²) in [5, 5.41) is 22.1. The van der Waals surface area contributed by atoms with E-state index < -0.39 is 11.0 Å². The summed E-state index contributed by atoms with van der Waals surface area (Å²) in [4.78, 5) is 10.2. The maximum atomic E-state index is 10.8. The molecular weight excluding hydrogens is 242 g/mol. The Bertz CT molecular complexity index is 475. The topological polar surface area (TPSA) is 120 Å². The fraction of sp³-hybridized carbons (Fsp3) is 0.300. The molecule has 3 N–H and O–H groups in total. The van der Waals surface area contributed by atoms with Crippen LogP contribution in [0.15, 0.2) is 23.4 Å². The summed E-state index contributed by atoms with van der Waals surface area (Å²) in [5.74, 6) is 0.202. The standard InChI is InChI=1S/C10H13N3O5/c1-6(10(11)12-14)18-9-5-7(17-2)3-4-8(9)13(15)16/h3-6,14H,1-2H3,(H2,11,12). The van der Waals surface area contributed by atoms with Crippen molar-refractivity contribution in [3.63, 3.8) is 0 Å². The molecular formula is C10H13N3O5. The van der Waals surface area contributed by atoms with Gasteiger partial charge in [-0.25, -0.2) is 0 Å². The second-order valence-corrected chi connectivity index (χ2v) is 3.38. The molecule has 1 aromatic rings. The van der Waals surface area contributed by atoms with Crippen molar-refractivity contribution in [2.24, 2.45) is 10.9 Å². The molecule has 8 nitrogen and oxygen atoms in total. The summed E-state index contributed by atoms with van der Waals surface area (Å²) in [5.41, 5.74) is 5.11. The normalized spacial score (nSPS) is 12.9. The third kappa shape index (κ3) is 3.00. The molecule has 1 atom stereocenters. The lowest BCUT2D eigenvalue weighted by Gasteiger charge is -2.13. The third-order valence-corrected chi connectivity index (χ3v) is 2.20. The van der Waals surface area contributed by atoms with Crippen LogP contribution in [0.5, 0.6) is 11.5 Å². The van der Waals surface area contributed by atoms with Crippen LogP contribution >= 0.6 is 0 Å². The van der Waals surface area contributed by atoms with Gasteiger partial charge < -0.3 is 20.4 Å². The first-order chi connectivity index (χ1) is 8.49. The molecule has 0 saturated carbocycles. The SMILES string of the molecule is COc1ccc([N+](=O)[O-])c(OC(C)/C(N)=N/O)c1. The van der Waals surface area contributed by atoms with Gasteiger partial charge in [0.2, 0.25) is 5.75 Å². The molecule has 0 aliphatic heterocycles. The molecule has 0 aliphatic rings. The molecule has 1 unspecified atom stereocenters. The van der Waals surface area contributed by atoms with E-state index in [4.69, 9.17) is 20.4 Å². The first-order valence-corrected chi connectivity index (χ1v) is 4.96. The minimum atomic E-state index is -0.805. The van der Waals surface area contributed by atoms with Crippen molar-refractivity contribution in [1.29, 1.82) is 0 Å². The van der Waals surface area contributed by atoms with Gasteiger partial charge in [-0.3, -0.25) is 10.1 Å². The number of rotatable bonds is 5. The highest BCUT2D eigenvalue weighted by atomic mass is 16.6. The number of oxime groups is 1. The van der Waals surface area contributed by atoms with Crippen LogP contribution in [-0.4, -0.2) is 29.2 Å². The van der Waals surface area contributed by atoms with Crippen LogP contribution in [0.4, 0.5) is 5.69 Å². The quantitative estimate of drug-likeness (QED) is 0.267. The summed E-state index contributed by atoms with van der Waals surface area (Å²) in [6.45, 7) is 1.50. The zero-order chi connectivity index (χ0) is 13.7. The van der Waals surface area contributed by atoms with Gasteiger partial charge in [-0.15, -0.1) is 0 Å². The molecule has 18 heavy (non-hydrogen) atoms. The Morgan fingerprint density at radius 1 is 1.61 bits per heavy atom. The molecule has 0 bridgehead atoms. The number of hydrogen-bond acceptors (Lipinski definition) is 6. The van der Waals surface area contributed by atoms with E-state index in [2.05, 4.69) is 5.16 Å². The Morgan fingerprint density at radius 2 is 2.28 bits per heavy atom. The van der Waals surface area contributed by atoms with Crippen molar-refractivity contribution >= 4 is 11.5 Å². The minimum Gasteiger partial charge on any atom is -0.497 e. The van der Waals surface area contributed by atoms with E-state index >= 15 is 0 Å². The van der Waals surface area contributed by atoms with E-state index in [0.29, 0.717) is 5.75 Å². The molecule has 0 heterocycles. The lowest BCUT2D eigenvalue weighted by molar-refractivity contribution is -0.386. The van der Waals surface area contributed by atoms with Crippen LogP contribution in [0.2, 0.25) is 0 Å². The van der Waals surface area contributed by atoms with Crippen molar-refractivity contribution in [1.82, 2.24) is 0 Å². The van der Waals surface area contributed by atoms with Crippen LogP contribution in [0.3, 0.4) is 0 Å². The Labute approximate surface area is 103 Å². The molecule has 0 radical (unpaired) electrons. The van der Waals surface area contributed by atoms with Crippen LogP contribution < -0.4 is 15.2 Å². The summed E-state index contributed by atoms with van der Waals surface area (Å²) in [7, 11) is 1.43. The van der Waals surface area contributed by atoms with Gasteiger partial charge in [0, 0.05) is 12.1 Å². The average Bonchev–Trinajstić information content (AvgIpc) is 2.37. The fourth-order valence-corrected chi connectivity index (χ4v) is 1.20. The summed E-state index contributed by atoms with van der Waals surface area (Å²) >= 11 is 0. The van der Waals surface area contributed by atoms with E-state index in [0.717, 1.165) is 0 Å². The Hall–Kier alpha value is -2.51. The zero-order valence-corrected chi connectivity index (χ0v) is 9.86. The van der Waals surface area contributed by atoms with Crippen molar-refractivity contribution < 1.29 is 19.6 Å². The highest BCUT2D eigenvalue weighted by Gasteiger charge is 2.19. The fourth-order valence-electron chi connectivity index (χ4n) is 1.20. The van der Waals surface area contributed by atoms with Gasteiger partial charge in [0.25, 0.3) is 0 Å². The number of amidine groups is 1. The van der Waals surface area contributed by atoms with Crippen LogP contribution in [0.25, 0.3) is 0 Å². The minimum absolute atomic E-state index is 0.0153. The largest absolute Gasteiger partial charge is 0.497 e. The molecule has 1 aromatic carbocycles. The number of methoxy groups -OCH3 is 1. The summed E-state index contributed by atoms with van der Waals surface area (Å²) < 4.78 is 10.2. The van der Waals surface area contributed by atoms with Gasteiger partial charge in [-0.05, 0) is 13.0 Å². The maximum absolute atomic E-state index is 10.8. The first-order valence-electron chi connectivity index (χ1n) is 4.96. The van der Waals surface area contributed by atoms with E-state index in [1.165, 1.54) is 32.2 Å². The molecule has 0 saturated heterocycles. The predicted octanol–water partition coefficient (Wildman–Crippen LogP) is 1.12. The lowest BCUT2D eigenvalue weighted by Crippen LogP contribution is -2.31. The van der Waals surface area contributed by atoms with Gasteiger partial charge in [-0.1, -0.05) is 5.16 Å².